The van der Waals surface area contributed by atoms with Gasteiger partial charge in [0.1, 0.15) is 28.6 Å². The molecule has 4 aromatic carbocycles. The van der Waals surface area contributed by atoms with E-state index < -0.39 is 5.97 Å². The molecule has 0 saturated heterocycles. The van der Waals surface area contributed by atoms with Crippen molar-refractivity contribution in [2.45, 2.75) is 46.0 Å². The first kappa shape index (κ1) is 26.8. The van der Waals surface area contributed by atoms with Crippen LogP contribution in [0.4, 0.5) is 0 Å². The standard InChI is InChI=1S/C33H34O5/c1-3-12-26-24(15-10-19-30(26)38-31-18-9-8-17-27(31)33(35)36)16-11-20-37-32-22-29(34)28(21-23(32)4-2)25-13-6-5-7-14-25/h5-10,13-15,17-19,21-22,34H,3-4,11-12,16,20H2,1-2H3,(H,35,36). The zero-order valence-corrected chi connectivity index (χ0v) is 21.9. The van der Waals surface area contributed by atoms with Crippen molar-refractivity contribution in [1.29, 1.82) is 0 Å². The number of carboxylic acid groups (broad SMARTS) is 1. The van der Waals surface area contributed by atoms with E-state index in [1.54, 1.807) is 30.3 Å². The third kappa shape index (κ3) is 6.35. The summed E-state index contributed by atoms with van der Waals surface area (Å²) < 4.78 is 12.3. The van der Waals surface area contributed by atoms with Crippen molar-refractivity contribution < 1.29 is 24.5 Å². The zero-order chi connectivity index (χ0) is 26.9. The van der Waals surface area contributed by atoms with E-state index in [1.165, 1.54) is 5.56 Å². The molecule has 0 heterocycles. The summed E-state index contributed by atoms with van der Waals surface area (Å²) in [6.45, 7) is 4.71. The Kier molecular flexibility index (Phi) is 9.04. The third-order valence-corrected chi connectivity index (χ3v) is 6.56. The molecule has 0 radical (unpaired) electrons. The van der Waals surface area contributed by atoms with Gasteiger partial charge in [-0.3, -0.25) is 0 Å². The summed E-state index contributed by atoms with van der Waals surface area (Å²) in [6, 6.07) is 26.2. The molecule has 5 nitrogen and oxygen atoms in total. The molecule has 0 amide bonds. The number of benzene rings is 4. The maximum atomic E-state index is 11.6. The number of para-hydroxylation sites is 1. The number of aromatic hydroxyl groups is 1. The number of phenolic OH excluding ortho intramolecular Hbond substituents is 1. The maximum absolute atomic E-state index is 11.6. The first-order chi connectivity index (χ1) is 18.5. The topological polar surface area (TPSA) is 76.0 Å². The molecule has 4 aromatic rings. The SMILES string of the molecule is CCCc1c(CCCOc2cc(O)c(-c3ccccc3)cc2CC)cccc1Oc1ccccc1C(=O)O. The van der Waals surface area contributed by atoms with Crippen LogP contribution in [0.15, 0.2) is 84.9 Å². The average molecular weight is 511 g/mol. The Hall–Kier alpha value is -4.25. The minimum Gasteiger partial charge on any atom is -0.507 e. The van der Waals surface area contributed by atoms with E-state index in [1.807, 2.05) is 48.5 Å². The van der Waals surface area contributed by atoms with Gasteiger partial charge >= 0.3 is 5.97 Å². The molecular weight excluding hydrogens is 476 g/mol. The summed E-state index contributed by atoms with van der Waals surface area (Å²) in [4.78, 5) is 11.6. The molecule has 4 rings (SSSR count). The van der Waals surface area contributed by atoms with Crippen LogP contribution in [0.5, 0.6) is 23.0 Å². The van der Waals surface area contributed by atoms with Crippen LogP contribution in [0.1, 0.15) is 53.7 Å². The summed E-state index contributed by atoms with van der Waals surface area (Å²) in [7, 11) is 0. The second kappa shape index (κ2) is 12.8. The molecule has 0 aliphatic carbocycles. The van der Waals surface area contributed by atoms with Crippen LogP contribution in [0.3, 0.4) is 0 Å². The molecule has 0 atom stereocenters. The average Bonchev–Trinajstić information content (AvgIpc) is 2.93. The first-order valence-electron chi connectivity index (χ1n) is 13.2. The van der Waals surface area contributed by atoms with E-state index in [2.05, 4.69) is 19.9 Å². The lowest BCUT2D eigenvalue weighted by molar-refractivity contribution is 0.0694. The Balaban J connectivity index is 1.46. The normalized spacial score (nSPS) is 10.8. The molecule has 38 heavy (non-hydrogen) atoms. The fourth-order valence-corrected chi connectivity index (χ4v) is 4.64. The van der Waals surface area contributed by atoms with Crippen molar-refractivity contribution in [2.75, 3.05) is 6.61 Å². The first-order valence-corrected chi connectivity index (χ1v) is 13.2. The molecule has 0 aromatic heterocycles. The Morgan fingerprint density at radius 3 is 2.26 bits per heavy atom. The monoisotopic (exact) mass is 510 g/mol. The van der Waals surface area contributed by atoms with Crippen molar-refractivity contribution in [3.63, 3.8) is 0 Å². The summed E-state index contributed by atoms with van der Waals surface area (Å²) in [5.41, 5.74) is 5.24. The highest BCUT2D eigenvalue weighted by atomic mass is 16.5. The Bertz CT molecular complexity index is 1380. The number of aryl methyl sites for hydroxylation is 2. The quantitative estimate of drug-likeness (QED) is 0.188. The van der Waals surface area contributed by atoms with E-state index in [4.69, 9.17) is 9.47 Å². The molecule has 0 saturated carbocycles. The molecule has 0 fully saturated rings. The molecule has 0 bridgehead atoms. The van der Waals surface area contributed by atoms with Crippen LogP contribution in [0, 0.1) is 0 Å². The maximum Gasteiger partial charge on any atom is 0.339 e. The number of carboxylic acids is 1. The largest absolute Gasteiger partial charge is 0.507 e. The molecule has 0 aliphatic heterocycles. The minimum atomic E-state index is -1.01. The fourth-order valence-electron chi connectivity index (χ4n) is 4.64. The van der Waals surface area contributed by atoms with Gasteiger partial charge in [-0.05, 0) is 72.2 Å². The second-order valence-corrected chi connectivity index (χ2v) is 9.20. The van der Waals surface area contributed by atoms with Gasteiger partial charge in [-0.1, -0.05) is 74.9 Å². The third-order valence-electron chi connectivity index (χ3n) is 6.56. The van der Waals surface area contributed by atoms with E-state index in [0.717, 1.165) is 54.4 Å². The van der Waals surface area contributed by atoms with Crippen molar-refractivity contribution >= 4 is 5.97 Å². The number of ether oxygens (including phenoxy) is 2. The van der Waals surface area contributed by atoms with Crippen molar-refractivity contribution in [3.05, 3.63) is 107 Å². The molecule has 5 heteroatoms. The lowest BCUT2D eigenvalue weighted by Gasteiger charge is -2.17. The smallest absolute Gasteiger partial charge is 0.339 e. The number of aromatic carboxylic acids is 1. The van der Waals surface area contributed by atoms with Gasteiger partial charge in [0.2, 0.25) is 0 Å². The van der Waals surface area contributed by atoms with Crippen LogP contribution in [0.2, 0.25) is 0 Å². The van der Waals surface area contributed by atoms with Gasteiger partial charge in [-0.25, -0.2) is 4.79 Å². The predicted molar refractivity (Wildman–Crippen MR) is 151 cm³/mol. The highest BCUT2D eigenvalue weighted by Crippen LogP contribution is 2.36. The Morgan fingerprint density at radius 1 is 0.789 bits per heavy atom. The van der Waals surface area contributed by atoms with Crippen LogP contribution >= 0.6 is 0 Å². The van der Waals surface area contributed by atoms with Crippen molar-refractivity contribution in [2.24, 2.45) is 0 Å². The van der Waals surface area contributed by atoms with E-state index in [0.29, 0.717) is 23.9 Å². The highest BCUT2D eigenvalue weighted by molar-refractivity contribution is 5.91. The van der Waals surface area contributed by atoms with Gasteiger partial charge in [0.25, 0.3) is 0 Å². The van der Waals surface area contributed by atoms with Gasteiger partial charge < -0.3 is 19.7 Å². The number of hydrogen-bond acceptors (Lipinski definition) is 4. The van der Waals surface area contributed by atoms with E-state index >= 15 is 0 Å². The van der Waals surface area contributed by atoms with Crippen LogP contribution in [-0.4, -0.2) is 22.8 Å². The predicted octanol–water partition coefficient (Wildman–Crippen LogP) is 8.08. The number of phenols is 1. The van der Waals surface area contributed by atoms with Gasteiger partial charge in [-0.2, -0.15) is 0 Å². The lowest BCUT2D eigenvalue weighted by atomic mass is 9.98. The number of rotatable bonds is 12. The lowest BCUT2D eigenvalue weighted by Crippen LogP contribution is -2.05. The van der Waals surface area contributed by atoms with Gasteiger partial charge in [0.05, 0.1) is 6.61 Å². The van der Waals surface area contributed by atoms with Crippen LogP contribution in [0.25, 0.3) is 11.1 Å². The molecule has 0 aliphatic rings. The van der Waals surface area contributed by atoms with Crippen LogP contribution < -0.4 is 9.47 Å². The molecule has 0 unspecified atom stereocenters. The van der Waals surface area contributed by atoms with E-state index in [9.17, 15) is 15.0 Å². The van der Waals surface area contributed by atoms with Crippen molar-refractivity contribution in [1.82, 2.24) is 0 Å². The highest BCUT2D eigenvalue weighted by Gasteiger charge is 2.15. The van der Waals surface area contributed by atoms with Gasteiger partial charge in [0, 0.05) is 11.6 Å². The molecule has 196 valence electrons. The minimum absolute atomic E-state index is 0.141. The fraction of sp³-hybridized carbons (Fsp3) is 0.242. The number of carbonyl (C=O) groups is 1. The molecular formula is C33H34O5. The second-order valence-electron chi connectivity index (χ2n) is 9.20. The number of hydrogen-bond donors (Lipinski definition) is 2. The summed E-state index contributed by atoms with van der Waals surface area (Å²) in [5.74, 6) is 0.929. The summed E-state index contributed by atoms with van der Waals surface area (Å²) in [5, 5.41) is 20.2. The molecule has 0 spiro atoms. The zero-order valence-electron chi connectivity index (χ0n) is 21.9. The van der Waals surface area contributed by atoms with Crippen molar-refractivity contribution in [3.8, 4) is 34.1 Å². The molecule has 2 N–H and O–H groups in total. The van der Waals surface area contributed by atoms with Crippen LogP contribution in [-0.2, 0) is 19.3 Å². The van der Waals surface area contributed by atoms with Gasteiger partial charge in [-0.15, -0.1) is 0 Å². The van der Waals surface area contributed by atoms with Gasteiger partial charge in [0.15, 0.2) is 0 Å². The Morgan fingerprint density at radius 2 is 1.53 bits per heavy atom. The Labute approximate surface area is 224 Å². The van der Waals surface area contributed by atoms with E-state index in [-0.39, 0.29) is 11.3 Å². The summed E-state index contributed by atoms with van der Waals surface area (Å²) >= 11 is 0. The summed E-state index contributed by atoms with van der Waals surface area (Å²) in [6.07, 6.45) is 4.15.